The van der Waals surface area contributed by atoms with Gasteiger partial charge in [0.1, 0.15) is 5.69 Å². The molecule has 1 aromatic heterocycles. The molecule has 0 radical (unpaired) electrons. The normalized spacial score (nSPS) is 28.0. The summed E-state index contributed by atoms with van der Waals surface area (Å²) in [4.78, 5) is 27.7. The number of carbonyl (C=O) groups excluding carboxylic acids is 1. The number of carboxylic acid groups (broad SMARTS) is 1. The van der Waals surface area contributed by atoms with E-state index in [0.717, 1.165) is 38.1 Å². The molecule has 0 amide bonds. The predicted molar refractivity (Wildman–Crippen MR) is 122 cm³/mol. The molecule has 1 aromatic rings. The van der Waals surface area contributed by atoms with Crippen molar-refractivity contribution in [3.8, 4) is 0 Å². The second-order valence-corrected chi connectivity index (χ2v) is 10.0. The van der Waals surface area contributed by atoms with E-state index in [1.807, 2.05) is 12.3 Å². The van der Waals surface area contributed by atoms with Crippen LogP contribution in [0.5, 0.6) is 0 Å². The summed E-state index contributed by atoms with van der Waals surface area (Å²) in [6.07, 6.45) is 21.9. The van der Waals surface area contributed by atoms with Gasteiger partial charge in [0, 0.05) is 31.5 Å². The van der Waals surface area contributed by atoms with Crippen molar-refractivity contribution >= 4 is 11.8 Å². The molecule has 6 heteroatoms. The first-order valence-corrected chi connectivity index (χ1v) is 12.7. The van der Waals surface area contributed by atoms with Gasteiger partial charge in [-0.2, -0.15) is 0 Å². The SMILES string of the molecule is O=C(O)CC/C=C\CC1C2CCC(O2)C1Cn1cnc(C(=O)CCCC2CCCCC2)c1. The minimum Gasteiger partial charge on any atom is -0.481 e. The minimum absolute atomic E-state index is 0.168. The molecule has 4 unspecified atom stereocenters. The van der Waals surface area contributed by atoms with E-state index in [1.165, 1.54) is 38.5 Å². The Hall–Kier alpha value is -1.95. The van der Waals surface area contributed by atoms with Crippen molar-refractivity contribution in [3.63, 3.8) is 0 Å². The molecule has 2 aliphatic heterocycles. The number of aliphatic carboxylic acids is 1. The Bertz CT molecular complexity index is 796. The first-order chi connectivity index (χ1) is 15.6. The molecule has 32 heavy (non-hydrogen) atoms. The molecule has 6 nitrogen and oxygen atoms in total. The first kappa shape index (κ1) is 23.2. The number of carboxylic acids is 1. The molecule has 1 saturated carbocycles. The van der Waals surface area contributed by atoms with Crippen molar-refractivity contribution in [2.24, 2.45) is 17.8 Å². The van der Waals surface area contributed by atoms with E-state index in [0.29, 0.717) is 36.5 Å². The lowest BCUT2D eigenvalue weighted by atomic mass is 9.77. The molecule has 4 atom stereocenters. The monoisotopic (exact) mass is 442 g/mol. The van der Waals surface area contributed by atoms with Gasteiger partial charge in [0.2, 0.25) is 0 Å². The molecule has 0 aromatic carbocycles. The van der Waals surface area contributed by atoms with E-state index in [-0.39, 0.29) is 18.3 Å². The van der Waals surface area contributed by atoms with Gasteiger partial charge in [-0.25, -0.2) is 4.98 Å². The van der Waals surface area contributed by atoms with Crippen LogP contribution in [0.15, 0.2) is 24.7 Å². The fourth-order valence-electron chi connectivity index (χ4n) is 6.03. The third-order valence-corrected chi connectivity index (χ3v) is 7.77. The lowest BCUT2D eigenvalue weighted by Crippen LogP contribution is -2.30. The maximum atomic E-state index is 12.6. The van der Waals surface area contributed by atoms with Crippen LogP contribution in [-0.4, -0.2) is 38.6 Å². The van der Waals surface area contributed by atoms with Crippen LogP contribution in [0.3, 0.4) is 0 Å². The molecule has 2 bridgehead atoms. The van der Waals surface area contributed by atoms with E-state index < -0.39 is 5.97 Å². The second kappa shape index (κ2) is 11.3. The van der Waals surface area contributed by atoms with Gasteiger partial charge in [0.15, 0.2) is 5.78 Å². The Labute approximate surface area is 191 Å². The summed E-state index contributed by atoms with van der Waals surface area (Å²) >= 11 is 0. The Morgan fingerprint density at radius 3 is 2.62 bits per heavy atom. The predicted octanol–water partition coefficient (Wildman–Crippen LogP) is 5.42. The topological polar surface area (TPSA) is 81.4 Å². The van der Waals surface area contributed by atoms with E-state index in [9.17, 15) is 9.59 Å². The highest BCUT2D eigenvalue weighted by Crippen LogP contribution is 2.46. The summed E-state index contributed by atoms with van der Waals surface area (Å²) in [5.74, 6) is 1.10. The van der Waals surface area contributed by atoms with Crippen LogP contribution in [-0.2, 0) is 16.1 Å². The first-order valence-electron chi connectivity index (χ1n) is 12.7. The van der Waals surface area contributed by atoms with Crippen LogP contribution in [0.2, 0.25) is 0 Å². The third kappa shape index (κ3) is 6.09. The van der Waals surface area contributed by atoms with Gasteiger partial charge < -0.3 is 14.4 Å². The van der Waals surface area contributed by atoms with Crippen molar-refractivity contribution in [3.05, 3.63) is 30.4 Å². The van der Waals surface area contributed by atoms with Crippen molar-refractivity contribution < 1.29 is 19.4 Å². The van der Waals surface area contributed by atoms with Gasteiger partial charge in [-0.15, -0.1) is 0 Å². The van der Waals surface area contributed by atoms with Crippen molar-refractivity contribution in [2.45, 2.75) is 102 Å². The number of Topliss-reactive ketones (excluding diaryl/α,β-unsaturated/α-hetero) is 1. The van der Waals surface area contributed by atoms with Crippen molar-refractivity contribution in [1.82, 2.24) is 9.55 Å². The number of nitrogens with zero attached hydrogens (tertiary/aromatic N) is 2. The van der Waals surface area contributed by atoms with Crippen LogP contribution in [0.4, 0.5) is 0 Å². The zero-order valence-corrected chi connectivity index (χ0v) is 19.2. The zero-order valence-electron chi connectivity index (χ0n) is 19.2. The van der Waals surface area contributed by atoms with Crippen LogP contribution < -0.4 is 0 Å². The van der Waals surface area contributed by atoms with Gasteiger partial charge in [0.05, 0.1) is 18.5 Å². The maximum absolute atomic E-state index is 12.6. The highest BCUT2D eigenvalue weighted by atomic mass is 16.5. The lowest BCUT2D eigenvalue weighted by Gasteiger charge is -2.27. The van der Waals surface area contributed by atoms with E-state index in [4.69, 9.17) is 9.84 Å². The fourth-order valence-corrected chi connectivity index (χ4v) is 6.03. The number of hydrogen-bond acceptors (Lipinski definition) is 4. The fraction of sp³-hybridized carbons (Fsp3) is 0.731. The Balaban J connectivity index is 1.25. The Kier molecular flexibility index (Phi) is 8.17. The molecule has 4 rings (SSSR count). The number of allylic oxidation sites excluding steroid dienone is 2. The molecule has 2 saturated heterocycles. The van der Waals surface area contributed by atoms with Crippen LogP contribution in [0.25, 0.3) is 0 Å². The largest absolute Gasteiger partial charge is 0.481 e. The van der Waals surface area contributed by atoms with E-state index in [2.05, 4.69) is 15.6 Å². The average molecular weight is 443 g/mol. The number of rotatable bonds is 12. The molecule has 1 N–H and O–H groups in total. The summed E-state index contributed by atoms with van der Waals surface area (Å²) in [5, 5.41) is 8.78. The highest BCUT2D eigenvalue weighted by molar-refractivity contribution is 5.93. The molecular formula is C26H38N2O4. The van der Waals surface area contributed by atoms with E-state index >= 15 is 0 Å². The van der Waals surface area contributed by atoms with E-state index in [1.54, 1.807) is 6.33 Å². The second-order valence-electron chi connectivity index (χ2n) is 10.0. The number of ketones is 1. The summed E-state index contributed by atoms with van der Waals surface area (Å²) in [6, 6.07) is 0. The third-order valence-electron chi connectivity index (χ3n) is 7.77. The molecule has 176 valence electrons. The quantitative estimate of drug-likeness (QED) is 0.345. The number of ether oxygens (including phenoxy) is 1. The minimum atomic E-state index is -0.754. The number of aromatic nitrogens is 2. The molecular weight excluding hydrogens is 404 g/mol. The summed E-state index contributed by atoms with van der Waals surface area (Å²) < 4.78 is 8.27. The molecule has 1 aliphatic carbocycles. The lowest BCUT2D eigenvalue weighted by molar-refractivity contribution is -0.136. The summed E-state index contributed by atoms with van der Waals surface area (Å²) in [5.41, 5.74) is 0.600. The van der Waals surface area contributed by atoms with Gasteiger partial charge in [-0.05, 0) is 43.9 Å². The van der Waals surface area contributed by atoms with Crippen molar-refractivity contribution in [2.75, 3.05) is 0 Å². The number of carbonyl (C=O) groups is 2. The molecule has 3 fully saturated rings. The van der Waals surface area contributed by atoms with Crippen LogP contribution in [0.1, 0.15) is 94.0 Å². The van der Waals surface area contributed by atoms with Crippen LogP contribution in [0, 0.1) is 17.8 Å². The molecule has 0 spiro atoms. The maximum Gasteiger partial charge on any atom is 0.303 e. The Morgan fingerprint density at radius 1 is 1.06 bits per heavy atom. The van der Waals surface area contributed by atoms with Crippen LogP contribution >= 0.6 is 0 Å². The molecule has 3 heterocycles. The number of imidazole rings is 1. The van der Waals surface area contributed by atoms with Gasteiger partial charge in [-0.1, -0.05) is 50.7 Å². The number of hydrogen-bond donors (Lipinski definition) is 1. The summed E-state index contributed by atoms with van der Waals surface area (Å²) in [7, 11) is 0. The Morgan fingerprint density at radius 2 is 1.84 bits per heavy atom. The highest BCUT2D eigenvalue weighted by Gasteiger charge is 2.48. The van der Waals surface area contributed by atoms with Crippen molar-refractivity contribution in [1.29, 1.82) is 0 Å². The van der Waals surface area contributed by atoms with Gasteiger partial charge in [0.25, 0.3) is 0 Å². The average Bonchev–Trinajstić information content (AvgIpc) is 3.52. The van der Waals surface area contributed by atoms with Gasteiger partial charge in [-0.3, -0.25) is 9.59 Å². The summed E-state index contributed by atoms with van der Waals surface area (Å²) in [6.45, 7) is 0.831. The molecule has 3 aliphatic rings. The standard InChI is InChI=1S/C26H38N2O4/c29-23(12-7-10-19-8-3-1-4-9-19)22-17-28(18-27-22)16-21-20(24-14-15-25(21)32-24)11-5-2-6-13-26(30)31/h2,5,17-21,24-25H,1,3-4,6-16H2,(H,30,31)/b5-2-. The van der Waals surface area contributed by atoms with Gasteiger partial charge >= 0.3 is 5.97 Å². The smallest absolute Gasteiger partial charge is 0.303 e. The zero-order chi connectivity index (χ0) is 22.3. The number of fused-ring (bicyclic) bond motifs is 2.